The van der Waals surface area contributed by atoms with Crippen molar-refractivity contribution >= 4 is 40.2 Å². The third kappa shape index (κ3) is 7.67. The summed E-state index contributed by atoms with van der Waals surface area (Å²) in [5, 5.41) is 22.1. The van der Waals surface area contributed by atoms with Crippen LogP contribution in [0, 0.1) is 23.0 Å². The minimum Gasteiger partial charge on any atom is -0.475 e. The Morgan fingerprint density at radius 3 is 2.35 bits per heavy atom. The molecule has 0 spiro atoms. The van der Waals surface area contributed by atoms with E-state index < -0.39 is 41.9 Å². The number of amides is 3. The maximum absolute atomic E-state index is 13.3. The van der Waals surface area contributed by atoms with Crippen LogP contribution in [0.2, 0.25) is 0 Å². The van der Waals surface area contributed by atoms with Crippen LogP contribution in [0.25, 0.3) is 10.9 Å². The van der Waals surface area contributed by atoms with E-state index >= 15 is 0 Å². The highest BCUT2D eigenvalue weighted by Crippen LogP contribution is 2.25. The number of nitrogens with one attached hydrogen (secondary N) is 3. The number of nitrogens with zero attached hydrogens (tertiary/aromatic N) is 2. The topological polar surface area (TPSA) is 164 Å². The second-order valence-corrected chi connectivity index (χ2v) is 8.74. The number of carboxylic acid groups (broad SMARTS) is 1. The van der Waals surface area contributed by atoms with Gasteiger partial charge in [-0.25, -0.2) is 18.4 Å². The second-order valence-electron chi connectivity index (χ2n) is 8.74. The van der Waals surface area contributed by atoms with Gasteiger partial charge in [0.15, 0.2) is 0 Å². The van der Waals surface area contributed by atoms with Crippen molar-refractivity contribution in [2.45, 2.75) is 37.5 Å². The van der Waals surface area contributed by atoms with Crippen molar-refractivity contribution in [3.63, 3.8) is 0 Å². The quantitative estimate of drug-likeness (QED) is 0.292. The first-order chi connectivity index (χ1) is 18.8. The predicted octanol–water partition coefficient (Wildman–Crippen LogP) is 4.11. The molecule has 0 saturated carbocycles. The highest BCUT2D eigenvalue weighted by molar-refractivity contribution is 6.01. The van der Waals surface area contributed by atoms with Gasteiger partial charge in [0.1, 0.15) is 17.7 Å². The number of H-pyrrole nitrogens is 1. The van der Waals surface area contributed by atoms with Crippen LogP contribution in [0.3, 0.4) is 0 Å². The Hall–Kier alpha value is -4.71. The summed E-state index contributed by atoms with van der Waals surface area (Å²) >= 11 is 0. The summed E-state index contributed by atoms with van der Waals surface area (Å²) in [6.07, 6.45) is -1.64. The monoisotopic (exact) mass is 566 g/mol. The summed E-state index contributed by atoms with van der Waals surface area (Å²) in [7, 11) is 0. The smallest absolute Gasteiger partial charge is 0.475 e. The van der Waals surface area contributed by atoms with E-state index in [2.05, 4.69) is 21.7 Å². The van der Waals surface area contributed by atoms with Gasteiger partial charge in [0, 0.05) is 41.1 Å². The molecule has 212 valence electrons. The van der Waals surface area contributed by atoms with Gasteiger partial charge in [-0.1, -0.05) is 0 Å². The van der Waals surface area contributed by atoms with Crippen molar-refractivity contribution in [3.8, 4) is 6.07 Å². The zero-order valence-corrected chi connectivity index (χ0v) is 20.6. The Morgan fingerprint density at radius 2 is 1.75 bits per heavy atom. The van der Waals surface area contributed by atoms with E-state index in [4.69, 9.17) is 15.6 Å². The summed E-state index contributed by atoms with van der Waals surface area (Å²) in [4.78, 5) is 38.5. The highest BCUT2D eigenvalue weighted by atomic mass is 19.4. The van der Waals surface area contributed by atoms with Gasteiger partial charge in [-0.15, -0.1) is 0 Å². The number of halogens is 5. The standard InChI is InChI=1S/C23H22F2N6O2.C2HF3O2/c24-14-7-15(25)9-17(8-14)30-23(33)29-16-3-4-21-19(10-16)13(12-28-21)6-20(27)22(32)31-5-1-2-18(31)11-26;3-2(4,5)1(6)7/h3-4,7-10,12,18,20,28H,1-2,5-6,27H2,(H2,29,30,33);(H,6,7)/t18-,20+;/m1./s1. The first-order valence-corrected chi connectivity index (χ1v) is 11.7. The lowest BCUT2D eigenvalue weighted by atomic mass is 10.0. The Balaban J connectivity index is 0.000000559. The Bertz CT molecular complexity index is 1430. The van der Waals surface area contributed by atoms with Crippen LogP contribution in [-0.2, 0) is 16.0 Å². The zero-order valence-electron chi connectivity index (χ0n) is 20.6. The molecule has 0 unspecified atom stereocenters. The number of hydrogen-bond donors (Lipinski definition) is 5. The third-order valence-corrected chi connectivity index (χ3v) is 5.83. The van der Waals surface area contributed by atoms with Gasteiger partial charge in [-0.3, -0.25) is 4.79 Å². The average Bonchev–Trinajstić information content (AvgIpc) is 3.49. The van der Waals surface area contributed by atoms with E-state index in [0.717, 1.165) is 35.0 Å². The molecule has 4 rings (SSSR count). The van der Waals surface area contributed by atoms with Crippen LogP contribution >= 0.6 is 0 Å². The van der Waals surface area contributed by atoms with Crippen LogP contribution < -0.4 is 16.4 Å². The number of carboxylic acids is 1. The molecule has 2 aromatic carbocycles. The number of aromatic amines is 1. The molecule has 2 atom stereocenters. The minimum absolute atomic E-state index is 0.0181. The molecule has 1 aliphatic heterocycles. The molecule has 6 N–H and O–H groups in total. The van der Waals surface area contributed by atoms with Gasteiger partial charge in [0.25, 0.3) is 0 Å². The lowest BCUT2D eigenvalue weighted by Crippen LogP contribution is -2.46. The molecule has 0 aliphatic carbocycles. The van der Waals surface area contributed by atoms with Crippen LogP contribution in [0.4, 0.5) is 38.1 Å². The van der Waals surface area contributed by atoms with Crippen molar-refractivity contribution in [1.82, 2.24) is 9.88 Å². The number of carbonyl (C=O) groups is 3. The summed E-state index contributed by atoms with van der Waals surface area (Å²) in [6, 6.07) is 8.11. The van der Waals surface area contributed by atoms with Crippen molar-refractivity contribution in [2.75, 3.05) is 17.2 Å². The molecule has 1 aliphatic rings. The number of benzene rings is 2. The minimum atomic E-state index is -5.08. The fraction of sp³-hybridized carbons (Fsp3) is 0.280. The molecule has 3 amide bonds. The van der Waals surface area contributed by atoms with E-state index in [1.807, 2.05) is 0 Å². The molecular formula is C25H23F5N6O4. The number of fused-ring (bicyclic) bond motifs is 1. The summed E-state index contributed by atoms with van der Waals surface area (Å²) in [5.74, 6) is -4.62. The van der Waals surface area contributed by atoms with Gasteiger partial charge >= 0.3 is 18.2 Å². The lowest BCUT2D eigenvalue weighted by molar-refractivity contribution is -0.192. The van der Waals surface area contributed by atoms with Crippen LogP contribution in [0.1, 0.15) is 18.4 Å². The lowest BCUT2D eigenvalue weighted by Gasteiger charge is -2.23. The summed E-state index contributed by atoms with van der Waals surface area (Å²) in [6.45, 7) is 0.525. The first kappa shape index (κ1) is 29.8. The maximum Gasteiger partial charge on any atom is 0.490 e. The molecule has 2 heterocycles. The molecule has 1 fully saturated rings. The molecule has 0 radical (unpaired) electrons. The number of nitrogens with two attached hydrogens (primary N) is 1. The number of anilines is 2. The fourth-order valence-electron chi connectivity index (χ4n) is 4.05. The molecular weight excluding hydrogens is 543 g/mol. The first-order valence-electron chi connectivity index (χ1n) is 11.7. The number of aromatic nitrogens is 1. The van der Waals surface area contributed by atoms with Crippen LogP contribution in [0.5, 0.6) is 0 Å². The number of carbonyl (C=O) groups excluding carboxylic acids is 2. The van der Waals surface area contributed by atoms with E-state index in [-0.39, 0.29) is 18.0 Å². The molecule has 3 aromatic rings. The number of alkyl halides is 3. The average molecular weight is 566 g/mol. The Kier molecular flexibility index (Phi) is 9.27. The van der Waals surface area contributed by atoms with Crippen molar-refractivity contribution in [3.05, 3.63) is 59.8 Å². The number of aliphatic carboxylic acids is 1. The third-order valence-electron chi connectivity index (χ3n) is 5.83. The number of nitriles is 1. The molecule has 1 aromatic heterocycles. The molecule has 1 saturated heterocycles. The van der Waals surface area contributed by atoms with Gasteiger partial charge in [0.05, 0.1) is 12.1 Å². The number of hydrogen-bond acceptors (Lipinski definition) is 5. The summed E-state index contributed by atoms with van der Waals surface area (Å²) in [5.41, 5.74) is 8.18. The molecule has 10 nitrogen and oxygen atoms in total. The van der Waals surface area contributed by atoms with E-state index in [1.54, 1.807) is 24.4 Å². The fourth-order valence-corrected chi connectivity index (χ4v) is 4.05. The number of likely N-dealkylation sites (tertiary alicyclic amines) is 1. The predicted molar refractivity (Wildman–Crippen MR) is 133 cm³/mol. The highest BCUT2D eigenvalue weighted by Gasteiger charge is 2.38. The van der Waals surface area contributed by atoms with E-state index in [1.165, 1.54) is 4.90 Å². The SMILES string of the molecule is N#C[C@H]1CCCN1C(=O)[C@@H](N)Cc1c[nH]c2ccc(NC(=O)Nc3cc(F)cc(F)c3)cc12.O=C(O)C(F)(F)F. The van der Waals surface area contributed by atoms with Crippen LogP contribution in [-0.4, -0.2) is 57.7 Å². The van der Waals surface area contributed by atoms with E-state index in [0.29, 0.717) is 24.7 Å². The molecule has 0 bridgehead atoms. The normalized spacial score (nSPS) is 15.5. The van der Waals surface area contributed by atoms with Crippen LogP contribution in [0.15, 0.2) is 42.6 Å². The van der Waals surface area contributed by atoms with Crippen molar-refractivity contribution in [2.24, 2.45) is 5.73 Å². The molecule has 40 heavy (non-hydrogen) atoms. The summed E-state index contributed by atoms with van der Waals surface area (Å²) < 4.78 is 58.4. The van der Waals surface area contributed by atoms with Gasteiger partial charge in [0.2, 0.25) is 5.91 Å². The largest absolute Gasteiger partial charge is 0.490 e. The second kappa shape index (κ2) is 12.4. The number of urea groups is 1. The van der Waals surface area contributed by atoms with Gasteiger partial charge in [-0.2, -0.15) is 18.4 Å². The van der Waals surface area contributed by atoms with Gasteiger partial charge in [-0.05, 0) is 55.2 Å². The van der Waals surface area contributed by atoms with E-state index in [9.17, 15) is 36.8 Å². The zero-order chi connectivity index (χ0) is 29.6. The Morgan fingerprint density at radius 1 is 1.12 bits per heavy atom. The number of rotatable bonds is 5. The maximum atomic E-state index is 13.3. The Labute approximate surface area is 223 Å². The van der Waals surface area contributed by atoms with Crippen molar-refractivity contribution < 1.29 is 41.4 Å². The van der Waals surface area contributed by atoms with Gasteiger partial charge < -0.3 is 31.4 Å². The van der Waals surface area contributed by atoms with Crippen molar-refractivity contribution in [1.29, 1.82) is 5.26 Å². The molecule has 15 heteroatoms.